The Labute approximate surface area is 116 Å². The highest BCUT2D eigenvalue weighted by Crippen LogP contribution is 2.29. The van der Waals surface area contributed by atoms with E-state index in [0.29, 0.717) is 11.7 Å². The number of nitrogens with zero attached hydrogens (tertiary/aromatic N) is 2. The molecule has 0 amide bonds. The summed E-state index contributed by atoms with van der Waals surface area (Å²) in [4.78, 5) is 4.86. The monoisotopic (exact) mass is 262 g/mol. The summed E-state index contributed by atoms with van der Waals surface area (Å²) in [6.45, 7) is 9.87. The molecule has 1 aliphatic rings. The van der Waals surface area contributed by atoms with Gasteiger partial charge < -0.3 is 14.9 Å². The number of likely N-dealkylation sites (N-methyl/N-ethyl adjacent to an activating group) is 1. The second-order valence-electron chi connectivity index (χ2n) is 5.90. The van der Waals surface area contributed by atoms with Crippen LogP contribution < -0.4 is 0 Å². The zero-order valence-electron chi connectivity index (χ0n) is 12.4. The number of para-hydroxylation sites is 1. The number of benzene rings is 1. The molecule has 0 spiro atoms. The Morgan fingerprint density at radius 2 is 1.84 bits per heavy atom. The molecule has 106 valence electrons. The van der Waals surface area contributed by atoms with Gasteiger partial charge in [-0.2, -0.15) is 0 Å². The Kier molecular flexibility index (Phi) is 4.83. The van der Waals surface area contributed by atoms with Crippen LogP contribution in [0.25, 0.3) is 0 Å². The SMILES string of the molecule is CC(C)c1cccc(CCN2CCN(C)CC2)c1O. The molecule has 0 bridgehead atoms. The standard InChI is InChI=1S/C16H26N2O/c1-13(2)15-6-4-5-14(16(15)19)7-8-18-11-9-17(3)10-12-18/h4-6,13,19H,7-12H2,1-3H3. The Morgan fingerprint density at radius 1 is 1.16 bits per heavy atom. The molecule has 19 heavy (non-hydrogen) atoms. The minimum Gasteiger partial charge on any atom is -0.507 e. The van der Waals surface area contributed by atoms with Crippen molar-refractivity contribution in [2.24, 2.45) is 0 Å². The predicted octanol–water partition coefficient (Wildman–Crippen LogP) is 2.31. The van der Waals surface area contributed by atoms with Crippen LogP contribution in [0.15, 0.2) is 18.2 Å². The minimum absolute atomic E-state index is 0.378. The second kappa shape index (κ2) is 6.40. The summed E-state index contributed by atoms with van der Waals surface area (Å²) in [6, 6.07) is 6.14. The smallest absolute Gasteiger partial charge is 0.122 e. The van der Waals surface area contributed by atoms with Crippen LogP contribution in [0.2, 0.25) is 0 Å². The van der Waals surface area contributed by atoms with Crippen LogP contribution in [-0.2, 0) is 6.42 Å². The average Bonchev–Trinajstić information content (AvgIpc) is 2.39. The normalized spacial score (nSPS) is 18.1. The molecule has 0 aliphatic carbocycles. The van der Waals surface area contributed by atoms with Crippen LogP contribution in [0.5, 0.6) is 5.75 Å². The van der Waals surface area contributed by atoms with Crippen LogP contribution in [0.3, 0.4) is 0 Å². The van der Waals surface area contributed by atoms with Gasteiger partial charge in [0.1, 0.15) is 5.75 Å². The molecule has 1 saturated heterocycles. The minimum atomic E-state index is 0.378. The first-order valence-corrected chi connectivity index (χ1v) is 7.29. The highest BCUT2D eigenvalue weighted by atomic mass is 16.3. The Morgan fingerprint density at radius 3 is 2.47 bits per heavy atom. The summed E-state index contributed by atoms with van der Waals surface area (Å²) < 4.78 is 0. The highest BCUT2D eigenvalue weighted by molar-refractivity contribution is 5.42. The molecule has 3 heteroatoms. The van der Waals surface area contributed by atoms with E-state index in [4.69, 9.17) is 0 Å². The third-order valence-electron chi connectivity index (χ3n) is 4.07. The second-order valence-corrected chi connectivity index (χ2v) is 5.90. The molecular formula is C16H26N2O. The summed E-state index contributed by atoms with van der Waals surface area (Å²) in [5.41, 5.74) is 2.15. The summed E-state index contributed by atoms with van der Waals surface area (Å²) in [5, 5.41) is 10.3. The van der Waals surface area contributed by atoms with Crippen molar-refractivity contribution in [3.05, 3.63) is 29.3 Å². The molecule has 3 nitrogen and oxygen atoms in total. The highest BCUT2D eigenvalue weighted by Gasteiger charge is 2.15. The number of piperazine rings is 1. The maximum absolute atomic E-state index is 10.3. The zero-order chi connectivity index (χ0) is 13.8. The molecular weight excluding hydrogens is 236 g/mol. The predicted molar refractivity (Wildman–Crippen MR) is 79.8 cm³/mol. The molecule has 1 fully saturated rings. The van der Waals surface area contributed by atoms with E-state index in [1.807, 2.05) is 6.07 Å². The van der Waals surface area contributed by atoms with Crippen LogP contribution in [0, 0.1) is 0 Å². The van der Waals surface area contributed by atoms with Crippen LogP contribution in [-0.4, -0.2) is 54.7 Å². The maximum atomic E-state index is 10.3. The molecule has 0 atom stereocenters. The summed E-state index contributed by atoms with van der Waals surface area (Å²) in [7, 11) is 2.18. The van der Waals surface area contributed by atoms with E-state index in [9.17, 15) is 5.11 Å². The maximum Gasteiger partial charge on any atom is 0.122 e. The Hall–Kier alpha value is -1.06. The number of hydrogen-bond donors (Lipinski definition) is 1. The van der Waals surface area contributed by atoms with Crippen LogP contribution in [0.4, 0.5) is 0 Å². The van der Waals surface area contributed by atoms with E-state index in [1.165, 1.54) is 0 Å². The first-order chi connectivity index (χ1) is 9.08. The number of aromatic hydroxyl groups is 1. The number of rotatable bonds is 4. The molecule has 1 aromatic rings. The summed E-state index contributed by atoms with van der Waals surface area (Å²) in [6.07, 6.45) is 0.941. The van der Waals surface area contributed by atoms with E-state index in [1.54, 1.807) is 0 Å². The lowest BCUT2D eigenvalue weighted by Gasteiger charge is -2.32. The number of phenols is 1. The fourth-order valence-corrected chi connectivity index (χ4v) is 2.63. The first kappa shape index (κ1) is 14.4. The third-order valence-corrected chi connectivity index (χ3v) is 4.07. The van der Waals surface area contributed by atoms with Crippen molar-refractivity contribution < 1.29 is 5.11 Å². The van der Waals surface area contributed by atoms with Crippen molar-refractivity contribution in [2.45, 2.75) is 26.2 Å². The lowest BCUT2D eigenvalue weighted by atomic mass is 9.98. The van der Waals surface area contributed by atoms with Gasteiger partial charge in [-0.25, -0.2) is 0 Å². The molecule has 2 rings (SSSR count). The third kappa shape index (κ3) is 3.71. The zero-order valence-corrected chi connectivity index (χ0v) is 12.4. The van der Waals surface area contributed by atoms with Crippen LogP contribution >= 0.6 is 0 Å². The van der Waals surface area contributed by atoms with E-state index in [0.717, 1.165) is 50.3 Å². The largest absolute Gasteiger partial charge is 0.507 e. The van der Waals surface area contributed by atoms with Crippen molar-refractivity contribution >= 4 is 0 Å². The molecule has 1 N–H and O–H groups in total. The van der Waals surface area contributed by atoms with Gasteiger partial charge in [0.2, 0.25) is 0 Å². The molecule has 1 heterocycles. The molecule has 0 radical (unpaired) electrons. The van der Waals surface area contributed by atoms with Gasteiger partial charge in [0.15, 0.2) is 0 Å². The van der Waals surface area contributed by atoms with Gasteiger partial charge in [-0.3, -0.25) is 0 Å². The van der Waals surface area contributed by atoms with E-state index < -0.39 is 0 Å². The van der Waals surface area contributed by atoms with Gasteiger partial charge in [-0.05, 0) is 30.5 Å². The topological polar surface area (TPSA) is 26.7 Å². The fourth-order valence-electron chi connectivity index (χ4n) is 2.63. The van der Waals surface area contributed by atoms with Crippen molar-refractivity contribution in [1.82, 2.24) is 9.80 Å². The molecule has 0 aromatic heterocycles. The van der Waals surface area contributed by atoms with Crippen molar-refractivity contribution in [2.75, 3.05) is 39.8 Å². The van der Waals surface area contributed by atoms with Gasteiger partial charge in [-0.15, -0.1) is 0 Å². The Balaban J connectivity index is 1.94. The van der Waals surface area contributed by atoms with Gasteiger partial charge in [0, 0.05) is 32.7 Å². The van der Waals surface area contributed by atoms with Crippen molar-refractivity contribution in [3.8, 4) is 5.75 Å². The van der Waals surface area contributed by atoms with Crippen molar-refractivity contribution in [3.63, 3.8) is 0 Å². The van der Waals surface area contributed by atoms with Crippen LogP contribution in [0.1, 0.15) is 30.9 Å². The lowest BCUT2D eigenvalue weighted by Crippen LogP contribution is -2.45. The van der Waals surface area contributed by atoms with Gasteiger partial charge in [0.25, 0.3) is 0 Å². The lowest BCUT2D eigenvalue weighted by molar-refractivity contribution is 0.155. The summed E-state index contributed by atoms with van der Waals surface area (Å²) >= 11 is 0. The van der Waals surface area contributed by atoms with E-state index in [-0.39, 0.29) is 0 Å². The molecule has 1 aromatic carbocycles. The summed E-state index contributed by atoms with van der Waals surface area (Å²) in [5.74, 6) is 0.884. The number of hydrogen-bond acceptors (Lipinski definition) is 3. The van der Waals surface area contributed by atoms with Gasteiger partial charge in [0.05, 0.1) is 0 Å². The van der Waals surface area contributed by atoms with Gasteiger partial charge >= 0.3 is 0 Å². The Bertz CT molecular complexity index is 409. The van der Waals surface area contributed by atoms with E-state index >= 15 is 0 Å². The van der Waals surface area contributed by atoms with Gasteiger partial charge in [-0.1, -0.05) is 32.0 Å². The number of phenolic OH excluding ortho intramolecular Hbond substituents is 1. The molecule has 0 unspecified atom stereocenters. The molecule has 1 aliphatic heterocycles. The van der Waals surface area contributed by atoms with Crippen molar-refractivity contribution in [1.29, 1.82) is 0 Å². The first-order valence-electron chi connectivity index (χ1n) is 7.29. The fraction of sp³-hybridized carbons (Fsp3) is 0.625. The van der Waals surface area contributed by atoms with E-state index in [2.05, 4.69) is 42.8 Å². The quantitative estimate of drug-likeness (QED) is 0.902. The average molecular weight is 262 g/mol. The molecule has 0 saturated carbocycles.